The molecule has 3 nitrogen and oxygen atoms in total. The van der Waals surface area contributed by atoms with Crippen LogP contribution in [0.15, 0.2) is 6.20 Å². The van der Waals surface area contributed by atoms with E-state index in [-0.39, 0.29) is 0 Å². The topological polar surface area (TPSA) is 29.9 Å². The van der Waals surface area contributed by atoms with Gasteiger partial charge in [0.05, 0.1) is 5.69 Å². The summed E-state index contributed by atoms with van der Waals surface area (Å²) in [6.07, 6.45) is 7.63. The molecule has 0 spiro atoms. The molecule has 0 bridgehead atoms. The van der Waals surface area contributed by atoms with Crippen LogP contribution in [0.25, 0.3) is 0 Å². The minimum absolute atomic E-state index is 0.483. The Labute approximate surface area is 105 Å². The molecular formula is C14H25N3. The number of nitrogens with zero attached hydrogens (tertiary/aromatic N) is 2. The third-order valence-electron chi connectivity index (χ3n) is 4.23. The average Bonchev–Trinajstić information content (AvgIpc) is 2.62. The van der Waals surface area contributed by atoms with E-state index in [0.717, 1.165) is 11.8 Å². The van der Waals surface area contributed by atoms with Crippen LogP contribution in [0.2, 0.25) is 0 Å². The molecule has 1 aromatic heterocycles. The zero-order valence-corrected chi connectivity index (χ0v) is 11.5. The molecule has 1 saturated carbocycles. The third-order valence-corrected chi connectivity index (χ3v) is 4.23. The van der Waals surface area contributed by atoms with Gasteiger partial charge >= 0.3 is 0 Å². The van der Waals surface area contributed by atoms with Crippen molar-refractivity contribution in [1.82, 2.24) is 15.1 Å². The highest BCUT2D eigenvalue weighted by Gasteiger charge is 2.28. The molecule has 96 valence electrons. The first kappa shape index (κ1) is 12.6. The van der Waals surface area contributed by atoms with E-state index in [1.807, 2.05) is 11.7 Å². The molecule has 1 atom stereocenters. The molecule has 3 heteroatoms. The first-order valence-electron chi connectivity index (χ1n) is 6.79. The average molecular weight is 235 g/mol. The van der Waals surface area contributed by atoms with E-state index in [1.165, 1.54) is 36.9 Å². The summed E-state index contributed by atoms with van der Waals surface area (Å²) in [5, 5.41) is 7.97. The van der Waals surface area contributed by atoms with Crippen LogP contribution in [-0.2, 0) is 7.05 Å². The lowest BCUT2D eigenvalue weighted by Gasteiger charge is -2.32. The molecule has 1 aromatic rings. The van der Waals surface area contributed by atoms with Crippen molar-refractivity contribution in [2.45, 2.75) is 45.6 Å². The highest BCUT2D eigenvalue weighted by atomic mass is 15.3. The van der Waals surface area contributed by atoms with Crippen molar-refractivity contribution in [3.05, 3.63) is 17.5 Å². The van der Waals surface area contributed by atoms with Crippen LogP contribution in [0.3, 0.4) is 0 Å². The maximum Gasteiger partial charge on any atom is 0.0641 e. The van der Waals surface area contributed by atoms with Gasteiger partial charge in [-0.1, -0.05) is 19.8 Å². The number of hydrogen-bond acceptors (Lipinski definition) is 2. The van der Waals surface area contributed by atoms with Gasteiger partial charge in [-0.2, -0.15) is 5.10 Å². The Hall–Kier alpha value is -0.830. The van der Waals surface area contributed by atoms with E-state index in [1.54, 1.807) is 0 Å². The smallest absolute Gasteiger partial charge is 0.0641 e. The molecule has 0 amide bonds. The molecule has 2 rings (SSSR count). The van der Waals surface area contributed by atoms with Gasteiger partial charge in [-0.15, -0.1) is 0 Å². The Morgan fingerprint density at radius 3 is 2.47 bits per heavy atom. The predicted molar refractivity (Wildman–Crippen MR) is 70.9 cm³/mol. The quantitative estimate of drug-likeness (QED) is 0.873. The van der Waals surface area contributed by atoms with E-state index in [2.05, 4.69) is 37.5 Å². The van der Waals surface area contributed by atoms with Crippen LogP contribution in [0.5, 0.6) is 0 Å². The van der Waals surface area contributed by atoms with Gasteiger partial charge in [0.25, 0.3) is 0 Å². The molecule has 1 unspecified atom stereocenters. The van der Waals surface area contributed by atoms with Gasteiger partial charge in [0.2, 0.25) is 0 Å². The van der Waals surface area contributed by atoms with E-state index in [4.69, 9.17) is 0 Å². The van der Waals surface area contributed by atoms with Crippen molar-refractivity contribution in [1.29, 1.82) is 0 Å². The Kier molecular flexibility index (Phi) is 3.87. The normalized spacial score (nSPS) is 27.1. The highest BCUT2D eigenvalue weighted by molar-refractivity contribution is 5.21. The number of aryl methyl sites for hydroxylation is 2. The summed E-state index contributed by atoms with van der Waals surface area (Å²) in [6.45, 7) is 4.49. The molecule has 0 aromatic carbocycles. The zero-order valence-electron chi connectivity index (χ0n) is 11.5. The fourth-order valence-corrected chi connectivity index (χ4v) is 3.19. The van der Waals surface area contributed by atoms with Crippen LogP contribution in [0.4, 0.5) is 0 Å². The second-order valence-electron chi connectivity index (χ2n) is 5.63. The first-order chi connectivity index (χ1) is 8.11. The van der Waals surface area contributed by atoms with Crippen molar-refractivity contribution in [2.24, 2.45) is 18.9 Å². The van der Waals surface area contributed by atoms with Crippen LogP contribution >= 0.6 is 0 Å². The molecule has 1 fully saturated rings. The Morgan fingerprint density at radius 2 is 2.00 bits per heavy atom. The standard InChI is InChI=1S/C14H25N3/c1-10-5-7-12(8-6-10)14(15-3)13-9-17(4)16-11(13)2/h9-10,12,14-15H,5-8H2,1-4H3. The second-order valence-corrected chi connectivity index (χ2v) is 5.63. The molecule has 0 radical (unpaired) electrons. The van der Waals surface area contributed by atoms with Gasteiger partial charge in [-0.3, -0.25) is 4.68 Å². The van der Waals surface area contributed by atoms with Crippen LogP contribution < -0.4 is 5.32 Å². The molecule has 1 aliphatic rings. The number of hydrogen-bond donors (Lipinski definition) is 1. The number of nitrogens with one attached hydrogen (secondary N) is 1. The summed E-state index contributed by atoms with van der Waals surface area (Å²) in [4.78, 5) is 0. The second kappa shape index (κ2) is 5.21. The number of aromatic nitrogens is 2. The lowest BCUT2D eigenvalue weighted by molar-refractivity contribution is 0.237. The van der Waals surface area contributed by atoms with Gasteiger partial charge in [0.1, 0.15) is 0 Å². The monoisotopic (exact) mass is 235 g/mol. The van der Waals surface area contributed by atoms with Crippen LogP contribution in [0, 0.1) is 18.8 Å². The van der Waals surface area contributed by atoms with Crippen molar-refractivity contribution >= 4 is 0 Å². The number of rotatable bonds is 3. The molecular weight excluding hydrogens is 210 g/mol. The van der Waals surface area contributed by atoms with Crippen molar-refractivity contribution < 1.29 is 0 Å². The summed E-state index contributed by atoms with van der Waals surface area (Å²) in [5.41, 5.74) is 2.56. The predicted octanol–water partition coefficient (Wildman–Crippen LogP) is 2.82. The van der Waals surface area contributed by atoms with Crippen LogP contribution in [0.1, 0.15) is 49.9 Å². The van der Waals surface area contributed by atoms with Crippen molar-refractivity contribution in [3.63, 3.8) is 0 Å². The van der Waals surface area contributed by atoms with Crippen molar-refractivity contribution in [2.75, 3.05) is 7.05 Å². The molecule has 17 heavy (non-hydrogen) atoms. The van der Waals surface area contributed by atoms with E-state index in [9.17, 15) is 0 Å². The molecule has 0 saturated heterocycles. The maximum atomic E-state index is 4.47. The van der Waals surface area contributed by atoms with Gasteiger partial charge in [-0.05, 0) is 38.6 Å². The fraction of sp³-hybridized carbons (Fsp3) is 0.786. The lowest BCUT2D eigenvalue weighted by Crippen LogP contribution is -2.28. The largest absolute Gasteiger partial charge is 0.313 e. The Balaban J connectivity index is 2.13. The molecule has 1 aliphatic carbocycles. The van der Waals surface area contributed by atoms with Gasteiger partial charge < -0.3 is 5.32 Å². The molecule has 0 aliphatic heterocycles. The minimum atomic E-state index is 0.483. The summed E-state index contributed by atoms with van der Waals surface area (Å²) in [7, 11) is 4.08. The zero-order chi connectivity index (χ0) is 12.4. The van der Waals surface area contributed by atoms with Gasteiger partial charge in [0, 0.05) is 24.8 Å². The highest BCUT2D eigenvalue weighted by Crippen LogP contribution is 2.37. The molecule has 1 heterocycles. The first-order valence-corrected chi connectivity index (χ1v) is 6.79. The Morgan fingerprint density at radius 1 is 1.35 bits per heavy atom. The summed E-state index contributed by atoms with van der Waals surface area (Å²) < 4.78 is 1.93. The maximum absolute atomic E-state index is 4.47. The lowest BCUT2D eigenvalue weighted by atomic mass is 9.77. The van der Waals surface area contributed by atoms with Crippen molar-refractivity contribution in [3.8, 4) is 0 Å². The van der Waals surface area contributed by atoms with Gasteiger partial charge in [-0.25, -0.2) is 0 Å². The molecule has 1 N–H and O–H groups in total. The third kappa shape index (κ3) is 2.71. The minimum Gasteiger partial charge on any atom is -0.313 e. The SMILES string of the molecule is CNC(c1cn(C)nc1C)C1CCC(C)CC1. The van der Waals surface area contributed by atoms with E-state index < -0.39 is 0 Å². The summed E-state index contributed by atoms with van der Waals surface area (Å²) >= 11 is 0. The van der Waals surface area contributed by atoms with Gasteiger partial charge in [0.15, 0.2) is 0 Å². The van der Waals surface area contributed by atoms with E-state index >= 15 is 0 Å². The Bertz CT molecular complexity index is 362. The summed E-state index contributed by atoms with van der Waals surface area (Å²) in [6, 6.07) is 0.483. The van der Waals surface area contributed by atoms with E-state index in [0.29, 0.717) is 6.04 Å². The summed E-state index contributed by atoms with van der Waals surface area (Å²) in [5.74, 6) is 1.69. The fourth-order valence-electron chi connectivity index (χ4n) is 3.19. The van der Waals surface area contributed by atoms with Crippen LogP contribution in [-0.4, -0.2) is 16.8 Å².